The summed E-state index contributed by atoms with van der Waals surface area (Å²) >= 11 is 0. The van der Waals surface area contributed by atoms with Crippen LogP contribution in [0.3, 0.4) is 0 Å². The van der Waals surface area contributed by atoms with Crippen LogP contribution in [-0.4, -0.2) is 77.8 Å². The van der Waals surface area contributed by atoms with Crippen molar-refractivity contribution in [2.45, 2.75) is 12.8 Å². The van der Waals surface area contributed by atoms with E-state index < -0.39 is 4.92 Å². The minimum absolute atomic E-state index is 0.0948. The third-order valence-corrected chi connectivity index (χ3v) is 6.32. The lowest BCUT2D eigenvalue weighted by atomic mass is 9.94. The van der Waals surface area contributed by atoms with Crippen LogP contribution in [0.1, 0.15) is 23.2 Å². The number of rotatable bonds is 5. The number of likely N-dealkylation sites (N-methyl/N-ethyl adjacent to an activating group) is 1. The number of nitrogens with zero attached hydrogens (tertiary/aromatic N) is 4. The maximum atomic E-state index is 13.3. The van der Waals surface area contributed by atoms with Crippen molar-refractivity contribution in [3.8, 4) is 11.5 Å². The molecule has 2 amide bonds. The molecule has 0 spiro atoms. The molecule has 2 aliphatic heterocycles. The van der Waals surface area contributed by atoms with E-state index in [-0.39, 0.29) is 34.7 Å². The Hall–Kier alpha value is -3.46. The zero-order chi connectivity index (χ0) is 23.4. The van der Waals surface area contributed by atoms with E-state index in [1.165, 1.54) is 18.2 Å². The zero-order valence-corrected chi connectivity index (χ0v) is 18.7. The molecule has 0 unspecified atom stereocenters. The zero-order valence-electron chi connectivity index (χ0n) is 18.7. The van der Waals surface area contributed by atoms with Crippen molar-refractivity contribution in [2.75, 3.05) is 46.3 Å². The van der Waals surface area contributed by atoms with E-state index >= 15 is 0 Å². The van der Waals surface area contributed by atoms with Crippen molar-refractivity contribution in [1.82, 2.24) is 14.7 Å². The van der Waals surface area contributed by atoms with Gasteiger partial charge in [0.15, 0.2) is 0 Å². The Morgan fingerprint density at radius 3 is 2.24 bits per heavy atom. The highest BCUT2D eigenvalue weighted by Crippen LogP contribution is 2.31. The van der Waals surface area contributed by atoms with Gasteiger partial charge in [0, 0.05) is 57.3 Å². The minimum atomic E-state index is -0.524. The van der Waals surface area contributed by atoms with Crippen LogP contribution in [0.2, 0.25) is 0 Å². The van der Waals surface area contributed by atoms with Gasteiger partial charge >= 0.3 is 0 Å². The predicted octanol–water partition coefficient (Wildman–Crippen LogP) is 3.01. The van der Waals surface area contributed by atoms with E-state index in [0.717, 1.165) is 26.2 Å². The van der Waals surface area contributed by atoms with Crippen molar-refractivity contribution < 1.29 is 19.2 Å². The van der Waals surface area contributed by atoms with Gasteiger partial charge in [-0.2, -0.15) is 0 Å². The van der Waals surface area contributed by atoms with E-state index in [1.807, 2.05) is 23.1 Å². The first kappa shape index (κ1) is 22.7. The highest BCUT2D eigenvalue weighted by atomic mass is 16.6. The number of nitro groups is 1. The molecule has 0 atom stereocenters. The van der Waals surface area contributed by atoms with Gasteiger partial charge in [0.05, 0.1) is 10.5 Å². The van der Waals surface area contributed by atoms with Crippen LogP contribution in [0.4, 0.5) is 5.69 Å². The Morgan fingerprint density at radius 1 is 0.939 bits per heavy atom. The molecule has 0 N–H and O–H groups in total. The molecule has 174 valence electrons. The molecule has 2 aromatic carbocycles. The molecule has 0 saturated carbocycles. The van der Waals surface area contributed by atoms with Gasteiger partial charge in [-0.15, -0.1) is 0 Å². The molecule has 9 nitrogen and oxygen atoms in total. The highest BCUT2D eigenvalue weighted by Gasteiger charge is 2.32. The van der Waals surface area contributed by atoms with Crippen LogP contribution < -0.4 is 4.74 Å². The van der Waals surface area contributed by atoms with Crippen molar-refractivity contribution in [3.63, 3.8) is 0 Å². The molecule has 33 heavy (non-hydrogen) atoms. The number of amides is 2. The summed E-state index contributed by atoms with van der Waals surface area (Å²) in [5, 5.41) is 11.3. The first-order chi connectivity index (χ1) is 15.9. The number of hydrogen-bond acceptors (Lipinski definition) is 6. The normalized spacial score (nSPS) is 17.6. The summed E-state index contributed by atoms with van der Waals surface area (Å²) in [5.41, 5.74) is -0.0178. The fraction of sp³-hybridized carbons (Fsp3) is 0.417. The molecule has 4 rings (SSSR count). The number of nitro benzene ring substituents is 1. The summed E-state index contributed by atoms with van der Waals surface area (Å²) in [6, 6.07) is 13.0. The van der Waals surface area contributed by atoms with Gasteiger partial charge in [0.1, 0.15) is 11.5 Å². The second-order valence-electron chi connectivity index (χ2n) is 8.55. The van der Waals surface area contributed by atoms with Crippen LogP contribution in [0, 0.1) is 16.0 Å². The molecule has 0 radical (unpaired) electrons. The van der Waals surface area contributed by atoms with Crippen molar-refractivity contribution in [1.29, 1.82) is 0 Å². The number of hydrogen-bond donors (Lipinski definition) is 0. The molecule has 9 heteroatoms. The molecular formula is C24H28N4O5. The average Bonchev–Trinajstić information content (AvgIpc) is 2.84. The topological polar surface area (TPSA) is 96.2 Å². The number of likely N-dealkylation sites (tertiary alicyclic amines) is 1. The number of benzene rings is 2. The number of carbonyl (C=O) groups excluding carboxylic acids is 2. The lowest BCUT2D eigenvalue weighted by Crippen LogP contribution is -2.51. The van der Waals surface area contributed by atoms with E-state index in [0.29, 0.717) is 31.7 Å². The summed E-state index contributed by atoms with van der Waals surface area (Å²) in [5.74, 6) is 0.556. The van der Waals surface area contributed by atoms with Crippen LogP contribution in [0.25, 0.3) is 0 Å². The molecule has 2 aromatic rings. The number of piperidine rings is 1. The standard InChI is InChI=1S/C24H28N4O5/c1-25-13-15-27(16-14-25)23(29)18-9-11-26(12-10-18)24(30)21-17-19(28(31)32)7-8-22(21)33-20-5-3-2-4-6-20/h2-8,17-18H,9-16H2,1H3. The molecule has 2 heterocycles. The third kappa shape index (κ3) is 5.31. The number of carbonyl (C=O) groups is 2. The summed E-state index contributed by atoms with van der Waals surface area (Å²) in [6.07, 6.45) is 1.17. The maximum absolute atomic E-state index is 13.3. The first-order valence-corrected chi connectivity index (χ1v) is 11.2. The Kier molecular flexibility index (Phi) is 6.88. The first-order valence-electron chi connectivity index (χ1n) is 11.2. The van der Waals surface area contributed by atoms with Gasteiger partial charge < -0.3 is 19.4 Å². The molecule has 0 aliphatic carbocycles. The fourth-order valence-electron chi connectivity index (χ4n) is 4.29. The molecule has 2 aliphatic rings. The fourth-order valence-corrected chi connectivity index (χ4v) is 4.29. The second-order valence-corrected chi connectivity index (χ2v) is 8.55. The molecule has 0 aromatic heterocycles. The van der Waals surface area contributed by atoms with Crippen molar-refractivity contribution >= 4 is 17.5 Å². The molecule has 2 saturated heterocycles. The molecular weight excluding hydrogens is 424 g/mol. The SMILES string of the molecule is CN1CCN(C(=O)C2CCN(C(=O)c3cc([N+](=O)[O-])ccc3Oc3ccccc3)CC2)CC1. The Balaban J connectivity index is 1.46. The summed E-state index contributed by atoms with van der Waals surface area (Å²) in [4.78, 5) is 42.8. The highest BCUT2D eigenvalue weighted by molar-refractivity contribution is 5.98. The van der Waals surface area contributed by atoms with Crippen LogP contribution in [0.5, 0.6) is 11.5 Å². The smallest absolute Gasteiger partial charge is 0.270 e. The summed E-state index contributed by atoms with van der Waals surface area (Å²) in [6.45, 7) is 4.08. The summed E-state index contributed by atoms with van der Waals surface area (Å²) < 4.78 is 5.87. The Bertz CT molecular complexity index is 1010. The lowest BCUT2D eigenvalue weighted by molar-refractivity contribution is -0.384. The van der Waals surface area contributed by atoms with Gasteiger partial charge in [0.2, 0.25) is 5.91 Å². The minimum Gasteiger partial charge on any atom is -0.457 e. The van der Waals surface area contributed by atoms with Crippen LogP contribution in [-0.2, 0) is 4.79 Å². The van der Waals surface area contributed by atoms with Crippen LogP contribution >= 0.6 is 0 Å². The van der Waals surface area contributed by atoms with Crippen molar-refractivity contribution in [2.24, 2.45) is 5.92 Å². The number of ether oxygens (including phenoxy) is 1. The molecule has 2 fully saturated rings. The Labute approximate surface area is 192 Å². The number of non-ortho nitro benzene ring substituents is 1. The largest absolute Gasteiger partial charge is 0.457 e. The summed E-state index contributed by atoms with van der Waals surface area (Å²) in [7, 11) is 2.05. The van der Waals surface area contributed by atoms with E-state index in [9.17, 15) is 19.7 Å². The number of para-hydroxylation sites is 1. The monoisotopic (exact) mass is 452 g/mol. The van der Waals surface area contributed by atoms with Gasteiger partial charge in [0.25, 0.3) is 11.6 Å². The van der Waals surface area contributed by atoms with Gasteiger partial charge in [-0.3, -0.25) is 19.7 Å². The second kappa shape index (κ2) is 9.99. The van der Waals surface area contributed by atoms with E-state index in [4.69, 9.17) is 4.74 Å². The predicted molar refractivity (Wildman–Crippen MR) is 122 cm³/mol. The van der Waals surface area contributed by atoms with Gasteiger partial charge in [-0.1, -0.05) is 18.2 Å². The average molecular weight is 453 g/mol. The van der Waals surface area contributed by atoms with Crippen LogP contribution in [0.15, 0.2) is 48.5 Å². The lowest BCUT2D eigenvalue weighted by Gasteiger charge is -2.37. The van der Waals surface area contributed by atoms with E-state index in [1.54, 1.807) is 17.0 Å². The number of piperazine rings is 1. The van der Waals surface area contributed by atoms with Gasteiger partial charge in [-0.25, -0.2) is 0 Å². The third-order valence-electron chi connectivity index (χ3n) is 6.32. The maximum Gasteiger partial charge on any atom is 0.270 e. The Morgan fingerprint density at radius 2 is 1.61 bits per heavy atom. The quantitative estimate of drug-likeness (QED) is 0.511. The van der Waals surface area contributed by atoms with E-state index in [2.05, 4.69) is 11.9 Å². The van der Waals surface area contributed by atoms with Crippen molar-refractivity contribution in [3.05, 3.63) is 64.2 Å². The van der Waals surface area contributed by atoms with Gasteiger partial charge in [-0.05, 0) is 38.1 Å². The molecule has 0 bridgehead atoms.